The Morgan fingerprint density at radius 3 is 2.55 bits per heavy atom. The molecule has 3 saturated carbocycles. The van der Waals surface area contributed by atoms with Crippen LogP contribution in [0.4, 0.5) is 4.79 Å². The van der Waals surface area contributed by atoms with Crippen LogP contribution in [-0.2, 0) is 19.0 Å². The van der Waals surface area contributed by atoms with Crippen LogP contribution in [0.25, 0.3) is 0 Å². The van der Waals surface area contributed by atoms with Crippen molar-refractivity contribution in [1.29, 1.82) is 0 Å². The number of hydrogen-bond donors (Lipinski definition) is 2. The van der Waals surface area contributed by atoms with E-state index in [0.717, 1.165) is 54.8 Å². The van der Waals surface area contributed by atoms with Crippen molar-refractivity contribution < 1.29 is 23.8 Å². The summed E-state index contributed by atoms with van der Waals surface area (Å²) in [6, 6.07) is 0. The van der Waals surface area contributed by atoms with Gasteiger partial charge in [0, 0.05) is 20.1 Å². The number of carbonyl (C=O) groups is 2. The molecule has 2 N–H and O–H groups in total. The summed E-state index contributed by atoms with van der Waals surface area (Å²) in [6.45, 7) is 14.2. The van der Waals surface area contributed by atoms with Gasteiger partial charge in [0.05, 0.1) is 26.4 Å². The molecule has 0 spiro atoms. The molecular weight excluding hydrogens is 528 g/mol. The van der Waals surface area contributed by atoms with Gasteiger partial charge in [-0.25, -0.2) is 4.79 Å². The first kappa shape index (κ1) is 33.3. The molecule has 8 atom stereocenters. The first-order valence-corrected chi connectivity index (χ1v) is 17.1. The molecule has 42 heavy (non-hydrogen) atoms. The van der Waals surface area contributed by atoms with Crippen LogP contribution in [0.15, 0.2) is 11.6 Å². The largest absolute Gasteiger partial charge is 0.446 e. The predicted octanol–water partition coefficient (Wildman–Crippen LogP) is 6.90. The van der Waals surface area contributed by atoms with E-state index in [1.54, 1.807) is 7.11 Å². The van der Waals surface area contributed by atoms with Crippen LogP contribution in [0.2, 0.25) is 0 Å². The van der Waals surface area contributed by atoms with Crippen molar-refractivity contribution in [1.82, 2.24) is 10.6 Å². The number of allylic oxidation sites excluding steroid dienone is 1. The number of rotatable bonds is 14. The van der Waals surface area contributed by atoms with Gasteiger partial charge in [-0.05, 0) is 91.3 Å². The summed E-state index contributed by atoms with van der Waals surface area (Å²) in [5.74, 6) is 4.69. The van der Waals surface area contributed by atoms with E-state index >= 15 is 0 Å². The van der Waals surface area contributed by atoms with E-state index in [-0.39, 0.29) is 24.0 Å². The lowest BCUT2D eigenvalue weighted by atomic mass is 9.47. The first-order chi connectivity index (χ1) is 20.1. The molecule has 3 fully saturated rings. The SMILES string of the molecule is COCCOCCNC(=O)CNC(=O)OC1CC[C@@]2(C)C(=CC[C@H]3[C@@H]4CC[C@H]([C@H](C)CCCC(C)C)[C@@]4(C)CC[C@@H]32)C1. The highest BCUT2D eigenvalue weighted by Crippen LogP contribution is 2.67. The third-order valence-electron chi connectivity index (χ3n) is 11.9. The summed E-state index contributed by atoms with van der Waals surface area (Å²) in [5.41, 5.74) is 2.24. The number of hydrogen-bond acceptors (Lipinski definition) is 5. The minimum atomic E-state index is -0.502. The maximum atomic E-state index is 12.5. The normalized spacial score (nSPS) is 34.5. The zero-order valence-corrected chi connectivity index (χ0v) is 27.5. The van der Waals surface area contributed by atoms with Crippen molar-refractivity contribution in [2.75, 3.05) is 40.0 Å². The molecule has 0 heterocycles. The van der Waals surface area contributed by atoms with Crippen LogP contribution < -0.4 is 10.6 Å². The van der Waals surface area contributed by atoms with Gasteiger partial charge in [0.15, 0.2) is 0 Å². The third kappa shape index (κ3) is 7.72. The fourth-order valence-electron chi connectivity index (χ4n) is 9.67. The number of alkyl carbamates (subject to hydrolysis) is 1. The van der Waals surface area contributed by atoms with Crippen molar-refractivity contribution in [3.63, 3.8) is 0 Å². The Labute approximate surface area is 255 Å². The first-order valence-electron chi connectivity index (χ1n) is 17.1. The highest BCUT2D eigenvalue weighted by molar-refractivity contribution is 5.82. The molecule has 0 radical (unpaired) electrons. The van der Waals surface area contributed by atoms with E-state index < -0.39 is 6.09 Å². The lowest BCUT2D eigenvalue weighted by Gasteiger charge is -2.58. The molecule has 1 unspecified atom stereocenters. The molecule has 0 aromatic heterocycles. The summed E-state index contributed by atoms with van der Waals surface area (Å²) in [6.07, 6.45) is 15.6. The van der Waals surface area contributed by atoms with Crippen molar-refractivity contribution in [2.24, 2.45) is 46.3 Å². The van der Waals surface area contributed by atoms with Gasteiger partial charge in [-0.3, -0.25) is 4.79 Å². The van der Waals surface area contributed by atoms with Crippen molar-refractivity contribution in [3.8, 4) is 0 Å². The van der Waals surface area contributed by atoms with E-state index in [2.05, 4.69) is 51.3 Å². The average Bonchev–Trinajstić information content (AvgIpc) is 3.31. The van der Waals surface area contributed by atoms with Gasteiger partial charge in [0.25, 0.3) is 0 Å². The minimum Gasteiger partial charge on any atom is -0.446 e. The van der Waals surface area contributed by atoms with Gasteiger partial charge in [0.1, 0.15) is 6.10 Å². The molecular formula is C35H60N2O5. The molecule has 0 bridgehead atoms. The van der Waals surface area contributed by atoms with E-state index in [9.17, 15) is 9.59 Å². The monoisotopic (exact) mass is 588 g/mol. The van der Waals surface area contributed by atoms with Crippen molar-refractivity contribution >= 4 is 12.0 Å². The molecule has 7 nitrogen and oxygen atoms in total. The summed E-state index contributed by atoms with van der Waals surface area (Å²) in [5, 5.41) is 5.37. The molecule has 7 heteroatoms. The maximum absolute atomic E-state index is 12.5. The Hall–Kier alpha value is -1.60. The van der Waals surface area contributed by atoms with Gasteiger partial charge in [0.2, 0.25) is 5.91 Å². The van der Waals surface area contributed by atoms with E-state index in [0.29, 0.717) is 31.8 Å². The number of ether oxygens (including phenoxy) is 3. The van der Waals surface area contributed by atoms with Crippen LogP contribution in [0, 0.1) is 46.3 Å². The van der Waals surface area contributed by atoms with Crippen molar-refractivity contribution in [2.45, 2.75) is 111 Å². The Balaban J connectivity index is 1.25. The van der Waals surface area contributed by atoms with Crippen molar-refractivity contribution in [3.05, 3.63) is 11.6 Å². The molecule has 2 amide bonds. The van der Waals surface area contributed by atoms with Crippen LogP contribution in [0.3, 0.4) is 0 Å². The fraction of sp³-hybridized carbons (Fsp3) is 0.886. The predicted molar refractivity (Wildman–Crippen MR) is 167 cm³/mol. The molecule has 4 aliphatic rings. The second-order valence-electron chi connectivity index (χ2n) is 14.9. The standard InChI is InChI=1S/C35H60N2O5/c1-24(2)8-7-9-25(3)29-12-13-30-28-11-10-26-22-27(14-16-34(26,4)31(28)15-17-35(29,30)5)42-33(39)37-23-32(38)36-18-19-41-21-20-40-6/h10,24-25,27-31H,7-9,11-23H2,1-6H3,(H,36,38)(H,37,39)/t25-,27?,28+,29-,30+,31+,34+,35-/m1/s1. The average molecular weight is 589 g/mol. The Morgan fingerprint density at radius 1 is 0.976 bits per heavy atom. The second-order valence-corrected chi connectivity index (χ2v) is 14.9. The molecule has 240 valence electrons. The van der Waals surface area contributed by atoms with Gasteiger partial charge >= 0.3 is 6.09 Å². The zero-order chi connectivity index (χ0) is 30.3. The summed E-state index contributed by atoms with van der Waals surface area (Å²) in [7, 11) is 1.62. The smallest absolute Gasteiger partial charge is 0.407 e. The van der Waals surface area contributed by atoms with Crippen LogP contribution in [-0.4, -0.2) is 58.1 Å². The summed E-state index contributed by atoms with van der Waals surface area (Å²) >= 11 is 0. The lowest BCUT2D eigenvalue weighted by molar-refractivity contribution is -0.120. The molecule has 4 rings (SSSR count). The van der Waals surface area contributed by atoms with Gasteiger partial charge in [-0.15, -0.1) is 0 Å². The molecule has 4 aliphatic carbocycles. The van der Waals surface area contributed by atoms with E-state index in [1.807, 2.05) is 0 Å². The van der Waals surface area contributed by atoms with Crippen LogP contribution in [0.5, 0.6) is 0 Å². The number of amides is 2. The molecule has 0 aromatic carbocycles. The summed E-state index contributed by atoms with van der Waals surface area (Å²) < 4.78 is 16.1. The second kappa shape index (κ2) is 14.9. The lowest BCUT2D eigenvalue weighted by Crippen LogP contribution is -2.51. The molecule has 0 aromatic rings. The third-order valence-corrected chi connectivity index (χ3v) is 11.9. The topological polar surface area (TPSA) is 85.9 Å². The quantitative estimate of drug-likeness (QED) is 0.170. The highest BCUT2D eigenvalue weighted by atomic mass is 16.6. The number of carbonyl (C=O) groups excluding carboxylic acids is 2. The van der Waals surface area contributed by atoms with Gasteiger partial charge < -0.3 is 24.8 Å². The van der Waals surface area contributed by atoms with E-state index in [4.69, 9.17) is 14.2 Å². The van der Waals surface area contributed by atoms with Crippen LogP contribution in [0.1, 0.15) is 105 Å². The fourth-order valence-corrected chi connectivity index (χ4v) is 9.67. The Morgan fingerprint density at radius 2 is 1.79 bits per heavy atom. The number of methoxy groups -OCH3 is 1. The number of nitrogens with one attached hydrogen (secondary N) is 2. The van der Waals surface area contributed by atoms with Gasteiger partial charge in [-0.2, -0.15) is 0 Å². The summed E-state index contributed by atoms with van der Waals surface area (Å²) in [4.78, 5) is 24.6. The van der Waals surface area contributed by atoms with Gasteiger partial charge in [-0.1, -0.05) is 65.5 Å². The Bertz CT molecular complexity index is 936. The Kier molecular flexibility index (Phi) is 11.8. The highest BCUT2D eigenvalue weighted by Gasteiger charge is 2.59. The maximum Gasteiger partial charge on any atom is 0.407 e. The number of fused-ring (bicyclic) bond motifs is 5. The minimum absolute atomic E-state index is 0.0920. The molecule has 0 aliphatic heterocycles. The molecule has 0 saturated heterocycles. The zero-order valence-electron chi connectivity index (χ0n) is 27.5. The van der Waals surface area contributed by atoms with E-state index in [1.165, 1.54) is 56.9 Å². The van der Waals surface area contributed by atoms with Crippen LogP contribution >= 0.6 is 0 Å².